The molecule has 0 bridgehead atoms. The van der Waals surface area contributed by atoms with E-state index in [9.17, 15) is 0 Å². The lowest BCUT2D eigenvalue weighted by Gasteiger charge is -2.02. The average Bonchev–Trinajstić information content (AvgIpc) is 2.88. The van der Waals surface area contributed by atoms with E-state index in [1.807, 2.05) is 0 Å². The van der Waals surface area contributed by atoms with E-state index in [-0.39, 0.29) is 0 Å². The number of fused-ring (bicyclic) bond motifs is 1. The van der Waals surface area contributed by atoms with Gasteiger partial charge in [0.15, 0.2) is 0 Å². The average molecular weight is 332 g/mol. The fraction of sp³-hybridized carbons (Fsp3) is 0.188. The first-order chi connectivity index (χ1) is 9.35. The Morgan fingerprint density at radius 3 is 2.53 bits per heavy atom. The first-order valence-electron chi connectivity index (χ1n) is 6.33. The van der Waals surface area contributed by atoms with Crippen LogP contribution in [0.4, 0.5) is 0 Å². The number of halogens is 1. The molecule has 96 valence electrons. The molecule has 1 nitrogen and oxygen atoms in total. The third-order valence-corrected chi connectivity index (χ3v) is 5.09. The lowest BCUT2D eigenvalue weighted by atomic mass is 10.0. The highest BCUT2D eigenvalue weighted by atomic mass is 79.9. The van der Waals surface area contributed by atoms with Crippen molar-refractivity contribution < 1.29 is 0 Å². The molecule has 3 rings (SSSR count). The summed E-state index contributed by atoms with van der Waals surface area (Å²) in [6, 6.07) is 17.3. The molecular formula is C16H14BrNS. The van der Waals surface area contributed by atoms with Crippen LogP contribution in [-0.2, 0) is 18.2 Å². The minimum Gasteiger partial charge on any atom is -0.240 e. The standard InChI is InChI=1S/C16H14BrNS/c17-11-16-18-14-10-13(8-9-15(14)19-16)7-6-12-4-2-1-3-5-12/h1-5,8-10H,6-7,11H2. The Bertz CT molecular complexity index is 676. The van der Waals surface area contributed by atoms with Crippen molar-refractivity contribution in [1.29, 1.82) is 0 Å². The fourth-order valence-electron chi connectivity index (χ4n) is 2.17. The zero-order valence-corrected chi connectivity index (χ0v) is 12.9. The SMILES string of the molecule is BrCc1nc2cc(CCc3ccccc3)ccc2s1. The summed E-state index contributed by atoms with van der Waals surface area (Å²) in [7, 11) is 0. The number of aryl methyl sites for hydroxylation is 2. The molecule has 0 atom stereocenters. The second-order valence-corrected chi connectivity index (χ2v) is 6.20. The monoisotopic (exact) mass is 331 g/mol. The summed E-state index contributed by atoms with van der Waals surface area (Å²) >= 11 is 5.23. The zero-order chi connectivity index (χ0) is 13.1. The highest BCUT2D eigenvalue weighted by Gasteiger charge is 2.04. The maximum Gasteiger partial charge on any atom is 0.104 e. The molecule has 0 amide bonds. The molecule has 1 heterocycles. The van der Waals surface area contributed by atoms with Crippen LogP contribution in [0.1, 0.15) is 16.1 Å². The number of hydrogen-bond acceptors (Lipinski definition) is 2. The quantitative estimate of drug-likeness (QED) is 0.614. The summed E-state index contributed by atoms with van der Waals surface area (Å²) in [5.41, 5.74) is 3.88. The largest absolute Gasteiger partial charge is 0.240 e. The van der Waals surface area contributed by atoms with Crippen molar-refractivity contribution in [3.63, 3.8) is 0 Å². The summed E-state index contributed by atoms with van der Waals surface area (Å²) in [6.07, 6.45) is 2.16. The van der Waals surface area contributed by atoms with E-state index in [1.54, 1.807) is 11.3 Å². The van der Waals surface area contributed by atoms with Crippen LogP contribution in [0.3, 0.4) is 0 Å². The first kappa shape index (κ1) is 12.8. The Balaban J connectivity index is 1.78. The van der Waals surface area contributed by atoms with Crippen LogP contribution in [0.15, 0.2) is 48.5 Å². The molecule has 0 aliphatic carbocycles. The van der Waals surface area contributed by atoms with E-state index < -0.39 is 0 Å². The normalized spacial score (nSPS) is 11.0. The van der Waals surface area contributed by atoms with Gasteiger partial charge < -0.3 is 0 Å². The smallest absolute Gasteiger partial charge is 0.104 e. The van der Waals surface area contributed by atoms with Crippen LogP contribution in [0, 0.1) is 0 Å². The molecular weight excluding hydrogens is 318 g/mol. The fourth-order valence-corrected chi connectivity index (χ4v) is 3.43. The summed E-state index contributed by atoms with van der Waals surface area (Å²) in [5.74, 6) is 0. The lowest BCUT2D eigenvalue weighted by Crippen LogP contribution is -1.90. The van der Waals surface area contributed by atoms with Gasteiger partial charge in [-0.3, -0.25) is 0 Å². The van der Waals surface area contributed by atoms with Crippen LogP contribution in [0.5, 0.6) is 0 Å². The maximum absolute atomic E-state index is 4.62. The van der Waals surface area contributed by atoms with Gasteiger partial charge >= 0.3 is 0 Å². The molecule has 0 aliphatic rings. The van der Waals surface area contributed by atoms with E-state index in [0.29, 0.717) is 0 Å². The number of rotatable bonds is 4. The summed E-state index contributed by atoms with van der Waals surface area (Å²) in [6.45, 7) is 0. The highest BCUT2D eigenvalue weighted by molar-refractivity contribution is 9.08. The van der Waals surface area contributed by atoms with E-state index in [4.69, 9.17) is 0 Å². The Labute approximate surface area is 125 Å². The molecule has 0 saturated heterocycles. The van der Waals surface area contributed by atoms with Crippen molar-refractivity contribution in [1.82, 2.24) is 4.98 Å². The van der Waals surface area contributed by atoms with Crippen molar-refractivity contribution in [2.24, 2.45) is 0 Å². The van der Waals surface area contributed by atoms with Crippen LogP contribution in [0.25, 0.3) is 10.2 Å². The molecule has 0 aliphatic heterocycles. The number of hydrogen-bond donors (Lipinski definition) is 0. The van der Waals surface area contributed by atoms with Gasteiger partial charge in [0.25, 0.3) is 0 Å². The van der Waals surface area contributed by atoms with Crippen LogP contribution in [0.2, 0.25) is 0 Å². The lowest BCUT2D eigenvalue weighted by molar-refractivity contribution is 0.962. The second kappa shape index (κ2) is 5.85. The zero-order valence-electron chi connectivity index (χ0n) is 10.5. The molecule has 19 heavy (non-hydrogen) atoms. The van der Waals surface area contributed by atoms with Crippen molar-refractivity contribution in [3.8, 4) is 0 Å². The van der Waals surface area contributed by atoms with E-state index >= 15 is 0 Å². The third kappa shape index (κ3) is 3.04. The van der Waals surface area contributed by atoms with Gasteiger partial charge in [-0.2, -0.15) is 0 Å². The predicted octanol–water partition coefficient (Wildman–Crippen LogP) is 4.98. The van der Waals surface area contributed by atoms with Gasteiger partial charge in [-0.05, 0) is 36.1 Å². The number of alkyl halides is 1. The third-order valence-electron chi connectivity index (χ3n) is 3.16. The Hall–Kier alpha value is -1.19. The van der Waals surface area contributed by atoms with E-state index in [2.05, 4.69) is 69.4 Å². The molecule has 1 aromatic heterocycles. The van der Waals surface area contributed by atoms with Gasteiger partial charge in [0, 0.05) is 0 Å². The van der Waals surface area contributed by atoms with Crippen LogP contribution in [-0.4, -0.2) is 4.98 Å². The van der Waals surface area contributed by atoms with Gasteiger partial charge in [-0.1, -0.05) is 52.3 Å². The highest BCUT2D eigenvalue weighted by Crippen LogP contribution is 2.25. The Kier molecular flexibility index (Phi) is 3.95. The topological polar surface area (TPSA) is 12.9 Å². The summed E-state index contributed by atoms with van der Waals surface area (Å²) in [5, 5.41) is 1.99. The minimum atomic E-state index is 0.839. The predicted molar refractivity (Wildman–Crippen MR) is 86.1 cm³/mol. The van der Waals surface area contributed by atoms with Crippen molar-refractivity contribution >= 4 is 37.5 Å². The van der Waals surface area contributed by atoms with Gasteiger partial charge in [-0.25, -0.2) is 4.98 Å². The Morgan fingerprint density at radius 1 is 0.947 bits per heavy atom. The van der Waals surface area contributed by atoms with Gasteiger partial charge in [0.05, 0.1) is 15.5 Å². The molecule has 0 unspecified atom stereocenters. The van der Waals surface area contributed by atoms with Crippen molar-refractivity contribution in [2.45, 2.75) is 18.2 Å². The molecule has 0 fully saturated rings. The summed E-state index contributed by atoms with van der Waals surface area (Å²) in [4.78, 5) is 4.62. The Morgan fingerprint density at radius 2 is 1.74 bits per heavy atom. The molecule has 2 aromatic carbocycles. The first-order valence-corrected chi connectivity index (χ1v) is 8.27. The van der Waals surface area contributed by atoms with Crippen molar-refractivity contribution in [2.75, 3.05) is 0 Å². The summed E-state index contributed by atoms with van der Waals surface area (Å²) < 4.78 is 1.28. The van der Waals surface area contributed by atoms with Crippen LogP contribution >= 0.6 is 27.3 Å². The number of thiazole rings is 1. The molecule has 3 aromatic rings. The van der Waals surface area contributed by atoms with E-state index in [0.717, 1.165) is 28.7 Å². The van der Waals surface area contributed by atoms with Crippen molar-refractivity contribution in [3.05, 3.63) is 64.7 Å². The molecule has 3 heteroatoms. The van der Waals surface area contributed by atoms with E-state index in [1.165, 1.54) is 15.8 Å². The number of aromatic nitrogens is 1. The number of benzene rings is 2. The number of nitrogens with zero attached hydrogens (tertiary/aromatic N) is 1. The molecule has 0 saturated carbocycles. The molecule has 0 N–H and O–H groups in total. The second-order valence-electron chi connectivity index (χ2n) is 4.53. The maximum atomic E-state index is 4.62. The van der Waals surface area contributed by atoms with Gasteiger partial charge in [-0.15, -0.1) is 11.3 Å². The van der Waals surface area contributed by atoms with Crippen LogP contribution < -0.4 is 0 Å². The van der Waals surface area contributed by atoms with Gasteiger partial charge in [0.1, 0.15) is 5.01 Å². The molecule has 0 spiro atoms. The molecule has 0 radical (unpaired) electrons. The van der Waals surface area contributed by atoms with Gasteiger partial charge in [0.2, 0.25) is 0 Å². The minimum absolute atomic E-state index is 0.839.